The maximum atomic E-state index is 12.1. The van der Waals surface area contributed by atoms with Crippen molar-refractivity contribution in [3.63, 3.8) is 0 Å². The van der Waals surface area contributed by atoms with Crippen LogP contribution in [0.3, 0.4) is 0 Å². The van der Waals surface area contributed by atoms with E-state index in [0.717, 1.165) is 10.6 Å². The second kappa shape index (κ2) is 7.21. The first-order chi connectivity index (χ1) is 8.54. The predicted molar refractivity (Wildman–Crippen MR) is 73.2 cm³/mol. The van der Waals surface area contributed by atoms with Gasteiger partial charge in [-0.15, -0.1) is 11.8 Å². The second-order valence-electron chi connectivity index (χ2n) is 4.26. The van der Waals surface area contributed by atoms with Crippen LogP contribution in [0.5, 0.6) is 0 Å². The molecule has 18 heavy (non-hydrogen) atoms. The van der Waals surface area contributed by atoms with E-state index in [1.54, 1.807) is 18.7 Å². The van der Waals surface area contributed by atoms with E-state index in [1.807, 2.05) is 31.2 Å². The van der Waals surface area contributed by atoms with Crippen LogP contribution in [0.2, 0.25) is 0 Å². The van der Waals surface area contributed by atoms with Gasteiger partial charge in [0.1, 0.15) is 0 Å². The zero-order chi connectivity index (χ0) is 13.5. The van der Waals surface area contributed by atoms with Gasteiger partial charge < -0.3 is 5.11 Å². The van der Waals surface area contributed by atoms with Crippen LogP contribution < -0.4 is 0 Å². The second-order valence-corrected chi connectivity index (χ2v) is 5.57. The van der Waals surface area contributed by atoms with E-state index >= 15 is 0 Å². The molecule has 0 saturated heterocycles. The molecule has 1 aromatic carbocycles. The van der Waals surface area contributed by atoms with Gasteiger partial charge in [0.2, 0.25) is 0 Å². The summed E-state index contributed by atoms with van der Waals surface area (Å²) in [6, 6.07) is 7.50. The van der Waals surface area contributed by atoms with Crippen molar-refractivity contribution in [3.8, 4) is 0 Å². The quantitative estimate of drug-likeness (QED) is 0.606. The molecule has 0 fully saturated rings. The van der Waals surface area contributed by atoms with E-state index in [0.29, 0.717) is 5.56 Å². The average molecular weight is 266 g/mol. The number of carboxylic acid groups (broad SMARTS) is 1. The smallest absolute Gasteiger partial charge is 0.303 e. The molecule has 0 aromatic heterocycles. The van der Waals surface area contributed by atoms with Crippen molar-refractivity contribution < 1.29 is 14.7 Å². The van der Waals surface area contributed by atoms with E-state index in [9.17, 15) is 9.59 Å². The Morgan fingerprint density at radius 3 is 2.56 bits per heavy atom. The van der Waals surface area contributed by atoms with E-state index in [1.165, 1.54) is 0 Å². The first kappa shape index (κ1) is 14.8. The Hall–Kier alpha value is -1.29. The molecule has 0 amide bonds. The van der Waals surface area contributed by atoms with Crippen molar-refractivity contribution >= 4 is 23.5 Å². The average Bonchev–Trinajstić information content (AvgIpc) is 2.28. The van der Waals surface area contributed by atoms with Gasteiger partial charge in [-0.3, -0.25) is 9.59 Å². The normalized spacial score (nSPS) is 12.1. The largest absolute Gasteiger partial charge is 0.481 e. The van der Waals surface area contributed by atoms with Crippen LogP contribution in [-0.4, -0.2) is 22.6 Å². The molecule has 0 unspecified atom stereocenters. The number of carbonyl (C=O) groups excluding carboxylic acids is 1. The summed E-state index contributed by atoms with van der Waals surface area (Å²) in [5.74, 6) is -0.0453. The van der Waals surface area contributed by atoms with Crippen molar-refractivity contribution in [1.82, 2.24) is 0 Å². The van der Waals surface area contributed by atoms with E-state index < -0.39 is 5.97 Å². The SMILES string of the molecule is CCSc1ccccc1C(=O)C[C@H](C)CC(=O)O. The van der Waals surface area contributed by atoms with Gasteiger partial charge in [0.05, 0.1) is 0 Å². The minimum absolute atomic E-state index is 0.0281. The lowest BCUT2D eigenvalue weighted by Crippen LogP contribution is -2.11. The van der Waals surface area contributed by atoms with Gasteiger partial charge in [0.15, 0.2) is 5.78 Å². The Bertz CT molecular complexity index is 429. The lowest BCUT2D eigenvalue weighted by atomic mass is 9.97. The Morgan fingerprint density at radius 1 is 1.28 bits per heavy atom. The molecule has 0 aliphatic heterocycles. The maximum absolute atomic E-state index is 12.1. The number of benzene rings is 1. The highest BCUT2D eigenvalue weighted by Gasteiger charge is 2.16. The minimum atomic E-state index is -0.855. The van der Waals surface area contributed by atoms with E-state index in [4.69, 9.17) is 5.11 Å². The van der Waals surface area contributed by atoms with E-state index in [2.05, 4.69) is 0 Å². The first-order valence-corrected chi connectivity index (χ1v) is 7.00. The molecule has 0 spiro atoms. The number of Topliss-reactive ketones (excluding diaryl/α,β-unsaturated/α-hetero) is 1. The third kappa shape index (κ3) is 4.53. The van der Waals surface area contributed by atoms with Crippen molar-refractivity contribution in [2.45, 2.75) is 31.6 Å². The number of rotatable bonds is 7. The predicted octanol–water partition coefficient (Wildman–Crippen LogP) is 3.48. The number of thioether (sulfide) groups is 1. The summed E-state index contributed by atoms with van der Waals surface area (Å²) in [6.07, 6.45) is 0.322. The number of carbonyl (C=O) groups is 2. The molecule has 0 aliphatic rings. The monoisotopic (exact) mass is 266 g/mol. The van der Waals surface area contributed by atoms with Crippen LogP contribution in [-0.2, 0) is 4.79 Å². The molecule has 1 aromatic rings. The highest BCUT2D eigenvalue weighted by molar-refractivity contribution is 7.99. The Balaban J connectivity index is 2.74. The summed E-state index contributed by atoms with van der Waals surface area (Å²) in [7, 11) is 0. The van der Waals surface area contributed by atoms with Gasteiger partial charge in [0.25, 0.3) is 0 Å². The Morgan fingerprint density at radius 2 is 1.94 bits per heavy atom. The number of carboxylic acids is 1. The number of ketones is 1. The fourth-order valence-corrected chi connectivity index (χ4v) is 2.60. The highest BCUT2D eigenvalue weighted by Crippen LogP contribution is 2.24. The molecule has 4 heteroatoms. The maximum Gasteiger partial charge on any atom is 0.303 e. The van der Waals surface area contributed by atoms with Gasteiger partial charge in [-0.25, -0.2) is 0 Å². The van der Waals surface area contributed by atoms with Crippen LogP contribution in [0.15, 0.2) is 29.2 Å². The molecule has 98 valence electrons. The summed E-state index contributed by atoms with van der Waals surface area (Å²) in [5, 5.41) is 8.69. The van der Waals surface area contributed by atoms with Crippen LogP contribution in [0.25, 0.3) is 0 Å². The molecular weight excluding hydrogens is 248 g/mol. The molecule has 0 aliphatic carbocycles. The van der Waals surface area contributed by atoms with Crippen molar-refractivity contribution in [2.75, 3.05) is 5.75 Å². The third-order valence-corrected chi connectivity index (χ3v) is 3.50. The summed E-state index contributed by atoms with van der Waals surface area (Å²) < 4.78 is 0. The summed E-state index contributed by atoms with van der Waals surface area (Å²) >= 11 is 1.63. The molecule has 0 saturated carbocycles. The van der Waals surface area contributed by atoms with Crippen molar-refractivity contribution in [2.24, 2.45) is 5.92 Å². The van der Waals surface area contributed by atoms with Crippen molar-refractivity contribution in [3.05, 3.63) is 29.8 Å². The van der Waals surface area contributed by atoms with E-state index in [-0.39, 0.29) is 24.5 Å². The fraction of sp³-hybridized carbons (Fsp3) is 0.429. The lowest BCUT2D eigenvalue weighted by Gasteiger charge is -2.10. The van der Waals surface area contributed by atoms with Gasteiger partial charge in [-0.1, -0.05) is 32.0 Å². The molecule has 0 heterocycles. The van der Waals surface area contributed by atoms with Crippen LogP contribution in [0.1, 0.15) is 37.0 Å². The third-order valence-electron chi connectivity index (χ3n) is 2.54. The topological polar surface area (TPSA) is 54.4 Å². The number of hydrogen-bond acceptors (Lipinski definition) is 3. The molecule has 0 radical (unpaired) electrons. The molecular formula is C14H18O3S. The fourth-order valence-electron chi connectivity index (χ4n) is 1.78. The van der Waals surface area contributed by atoms with Gasteiger partial charge >= 0.3 is 5.97 Å². The zero-order valence-corrected chi connectivity index (χ0v) is 11.5. The molecule has 0 bridgehead atoms. The molecule has 1 N–H and O–H groups in total. The number of aliphatic carboxylic acids is 1. The summed E-state index contributed by atoms with van der Waals surface area (Å²) in [6.45, 7) is 3.83. The van der Waals surface area contributed by atoms with Crippen LogP contribution >= 0.6 is 11.8 Å². The standard InChI is InChI=1S/C14H18O3S/c1-3-18-13-7-5-4-6-11(13)12(15)8-10(2)9-14(16)17/h4-7,10H,3,8-9H2,1-2H3,(H,16,17)/t10-/m0/s1. The van der Waals surface area contributed by atoms with Crippen LogP contribution in [0, 0.1) is 5.92 Å². The Labute approximate surface area is 112 Å². The Kier molecular flexibility index (Phi) is 5.92. The summed E-state index contributed by atoms with van der Waals surface area (Å²) in [5.41, 5.74) is 0.710. The zero-order valence-electron chi connectivity index (χ0n) is 10.7. The lowest BCUT2D eigenvalue weighted by molar-refractivity contribution is -0.137. The van der Waals surface area contributed by atoms with Gasteiger partial charge in [-0.05, 0) is 17.7 Å². The van der Waals surface area contributed by atoms with Crippen LogP contribution in [0.4, 0.5) is 0 Å². The minimum Gasteiger partial charge on any atom is -0.481 e. The van der Waals surface area contributed by atoms with Gasteiger partial charge in [0, 0.05) is 23.3 Å². The molecule has 1 rings (SSSR count). The van der Waals surface area contributed by atoms with Gasteiger partial charge in [-0.2, -0.15) is 0 Å². The summed E-state index contributed by atoms with van der Waals surface area (Å²) in [4.78, 5) is 23.7. The number of hydrogen-bond donors (Lipinski definition) is 1. The molecule has 1 atom stereocenters. The first-order valence-electron chi connectivity index (χ1n) is 6.01. The molecule has 3 nitrogen and oxygen atoms in total. The van der Waals surface area contributed by atoms with Crippen molar-refractivity contribution in [1.29, 1.82) is 0 Å². The highest BCUT2D eigenvalue weighted by atomic mass is 32.2.